The van der Waals surface area contributed by atoms with Gasteiger partial charge in [-0.05, 0) is 42.9 Å². The average Bonchev–Trinajstić information content (AvgIpc) is 2.73. The third kappa shape index (κ3) is 2.08. The first-order chi connectivity index (χ1) is 8.74. The highest BCUT2D eigenvalue weighted by atomic mass is 16.3. The molecule has 1 fully saturated rings. The Labute approximate surface area is 108 Å². The quantitative estimate of drug-likeness (QED) is 0.885. The third-order valence-electron chi connectivity index (χ3n) is 3.96. The Kier molecular flexibility index (Phi) is 2.96. The molecule has 1 aromatic carbocycles. The average molecular weight is 241 g/mol. The summed E-state index contributed by atoms with van der Waals surface area (Å²) in [7, 11) is 0. The maximum atomic E-state index is 6.30. The molecule has 1 aromatic heterocycles. The molecule has 2 N–H and O–H groups in total. The van der Waals surface area contributed by atoms with Crippen molar-refractivity contribution < 1.29 is 4.42 Å². The second-order valence-electron chi connectivity index (χ2n) is 5.27. The summed E-state index contributed by atoms with van der Waals surface area (Å²) >= 11 is 0. The lowest BCUT2D eigenvalue weighted by Gasteiger charge is -2.26. The molecule has 3 rings (SSSR count). The lowest BCUT2D eigenvalue weighted by Crippen LogP contribution is -2.13. The Bertz CT molecular complexity index is 540. The van der Waals surface area contributed by atoms with Crippen LogP contribution in [-0.4, -0.2) is 0 Å². The molecule has 1 saturated carbocycles. The van der Waals surface area contributed by atoms with Gasteiger partial charge in [-0.3, -0.25) is 0 Å². The number of aryl methyl sites for hydroxylation is 1. The highest BCUT2D eigenvalue weighted by Gasteiger charge is 2.20. The fourth-order valence-electron chi connectivity index (χ4n) is 2.57. The predicted molar refractivity (Wildman–Crippen MR) is 72.5 cm³/mol. The molecule has 0 amide bonds. The number of nitrogens with two attached hydrogens (primary N) is 1. The van der Waals surface area contributed by atoms with Crippen molar-refractivity contribution in [3.05, 3.63) is 59.0 Å². The monoisotopic (exact) mass is 241 g/mol. The largest absolute Gasteiger partial charge is 0.469 e. The van der Waals surface area contributed by atoms with E-state index in [9.17, 15) is 0 Å². The van der Waals surface area contributed by atoms with Gasteiger partial charge in [0.05, 0.1) is 12.3 Å². The van der Waals surface area contributed by atoms with Gasteiger partial charge in [0.1, 0.15) is 5.76 Å². The van der Waals surface area contributed by atoms with Crippen molar-refractivity contribution in [1.29, 1.82) is 0 Å². The van der Waals surface area contributed by atoms with Crippen LogP contribution in [0.5, 0.6) is 0 Å². The first-order valence-electron chi connectivity index (χ1n) is 6.64. The van der Waals surface area contributed by atoms with Gasteiger partial charge in [-0.2, -0.15) is 0 Å². The van der Waals surface area contributed by atoms with E-state index < -0.39 is 0 Å². The van der Waals surface area contributed by atoms with Crippen molar-refractivity contribution in [2.45, 2.75) is 38.1 Å². The van der Waals surface area contributed by atoms with Crippen molar-refractivity contribution in [3.63, 3.8) is 0 Å². The van der Waals surface area contributed by atoms with E-state index in [0.29, 0.717) is 0 Å². The zero-order chi connectivity index (χ0) is 12.5. The van der Waals surface area contributed by atoms with Gasteiger partial charge in [-0.25, -0.2) is 0 Å². The lowest BCUT2D eigenvalue weighted by molar-refractivity contribution is 0.419. The first kappa shape index (κ1) is 11.5. The molecule has 2 aromatic rings. The first-order valence-corrected chi connectivity index (χ1v) is 6.64. The normalized spacial score (nSPS) is 17.4. The van der Waals surface area contributed by atoms with Crippen molar-refractivity contribution >= 4 is 0 Å². The van der Waals surface area contributed by atoms with E-state index >= 15 is 0 Å². The molecule has 1 heterocycles. The van der Waals surface area contributed by atoms with Gasteiger partial charge in [0, 0.05) is 5.56 Å². The van der Waals surface area contributed by atoms with Gasteiger partial charge in [0.15, 0.2) is 0 Å². The van der Waals surface area contributed by atoms with Crippen LogP contribution in [0.15, 0.2) is 41.0 Å². The SMILES string of the molecule is Cc1cc(C(N)c2cccc(C3CCC3)c2)co1. The Balaban J connectivity index is 1.86. The van der Waals surface area contributed by atoms with E-state index in [2.05, 4.69) is 24.3 Å². The topological polar surface area (TPSA) is 39.2 Å². The molecule has 0 bridgehead atoms. The maximum Gasteiger partial charge on any atom is 0.101 e. The van der Waals surface area contributed by atoms with Crippen LogP contribution in [0.3, 0.4) is 0 Å². The van der Waals surface area contributed by atoms with Gasteiger partial charge in [-0.1, -0.05) is 30.7 Å². The molecule has 1 aliphatic rings. The molecular weight excluding hydrogens is 222 g/mol. The smallest absolute Gasteiger partial charge is 0.101 e. The van der Waals surface area contributed by atoms with E-state index in [-0.39, 0.29) is 6.04 Å². The van der Waals surface area contributed by atoms with E-state index in [0.717, 1.165) is 17.2 Å². The molecule has 0 radical (unpaired) electrons. The molecule has 94 valence electrons. The molecule has 0 aliphatic heterocycles. The number of hydrogen-bond donors (Lipinski definition) is 1. The second-order valence-corrected chi connectivity index (χ2v) is 5.27. The molecule has 2 heteroatoms. The highest BCUT2D eigenvalue weighted by molar-refractivity contribution is 5.35. The van der Waals surface area contributed by atoms with E-state index in [1.165, 1.54) is 30.4 Å². The van der Waals surface area contributed by atoms with Crippen LogP contribution in [-0.2, 0) is 0 Å². The van der Waals surface area contributed by atoms with Gasteiger partial charge in [-0.15, -0.1) is 0 Å². The standard InChI is InChI=1S/C16H19NO/c1-11-8-15(10-18-11)16(17)14-7-3-6-13(9-14)12-4-2-5-12/h3,6-10,12,16H,2,4-5,17H2,1H3. The zero-order valence-electron chi connectivity index (χ0n) is 10.7. The minimum atomic E-state index is -0.0810. The highest BCUT2D eigenvalue weighted by Crippen LogP contribution is 2.37. The van der Waals surface area contributed by atoms with Crippen molar-refractivity contribution in [3.8, 4) is 0 Å². The Morgan fingerprint density at radius 1 is 1.22 bits per heavy atom. The van der Waals surface area contributed by atoms with E-state index in [1.54, 1.807) is 6.26 Å². The Hall–Kier alpha value is -1.54. The summed E-state index contributed by atoms with van der Waals surface area (Å²) < 4.78 is 5.34. The van der Waals surface area contributed by atoms with Crippen LogP contribution < -0.4 is 5.73 Å². The van der Waals surface area contributed by atoms with Crippen LogP contribution in [0, 0.1) is 6.92 Å². The zero-order valence-corrected chi connectivity index (χ0v) is 10.7. The minimum Gasteiger partial charge on any atom is -0.469 e. The summed E-state index contributed by atoms with van der Waals surface area (Å²) in [6, 6.07) is 10.6. The summed E-state index contributed by atoms with van der Waals surface area (Å²) in [5, 5.41) is 0. The fraction of sp³-hybridized carbons (Fsp3) is 0.375. The summed E-state index contributed by atoms with van der Waals surface area (Å²) in [6.07, 6.45) is 5.77. The lowest BCUT2D eigenvalue weighted by atomic mass is 9.79. The minimum absolute atomic E-state index is 0.0810. The molecule has 0 spiro atoms. The van der Waals surface area contributed by atoms with Crippen molar-refractivity contribution in [2.24, 2.45) is 5.73 Å². The predicted octanol–water partition coefficient (Wildman–Crippen LogP) is 3.90. The van der Waals surface area contributed by atoms with Crippen LogP contribution >= 0.6 is 0 Å². The van der Waals surface area contributed by atoms with Gasteiger partial charge >= 0.3 is 0 Å². The van der Waals surface area contributed by atoms with Crippen LogP contribution in [0.2, 0.25) is 0 Å². The third-order valence-corrected chi connectivity index (χ3v) is 3.96. The fourth-order valence-corrected chi connectivity index (χ4v) is 2.57. The number of benzene rings is 1. The molecule has 1 unspecified atom stereocenters. The van der Waals surface area contributed by atoms with E-state index in [1.807, 2.05) is 13.0 Å². The Morgan fingerprint density at radius 2 is 2.06 bits per heavy atom. The van der Waals surface area contributed by atoms with E-state index in [4.69, 9.17) is 10.2 Å². The Morgan fingerprint density at radius 3 is 2.67 bits per heavy atom. The summed E-state index contributed by atoms with van der Waals surface area (Å²) in [4.78, 5) is 0. The summed E-state index contributed by atoms with van der Waals surface area (Å²) in [5.74, 6) is 1.67. The molecule has 2 nitrogen and oxygen atoms in total. The molecule has 1 atom stereocenters. The molecular formula is C16H19NO. The molecule has 0 saturated heterocycles. The second kappa shape index (κ2) is 4.62. The van der Waals surface area contributed by atoms with Crippen molar-refractivity contribution in [1.82, 2.24) is 0 Å². The maximum absolute atomic E-state index is 6.30. The summed E-state index contributed by atoms with van der Waals surface area (Å²) in [6.45, 7) is 1.95. The van der Waals surface area contributed by atoms with Gasteiger partial charge in [0.25, 0.3) is 0 Å². The van der Waals surface area contributed by atoms with Crippen LogP contribution in [0.1, 0.15) is 53.7 Å². The molecule has 1 aliphatic carbocycles. The van der Waals surface area contributed by atoms with Gasteiger partial charge < -0.3 is 10.2 Å². The van der Waals surface area contributed by atoms with Crippen LogP contribution in [0.25, 0.3) is 0 Å². The number of hydrogen-bond acceptors (Lipinski definition) is 2. The number of furan rings is 1. The van der Waals surface area contributed by atoms with Crippen LogP contribution in [0.4, 0.5) is 0 Å². The van der Waals surface area contributed by atoms with Gasteiger partial charge in [0.2, 0.25) is 0 Å². The summed E-state index contributed by atoms with van der Waals surface area (Å²) in [5.41, 5.74) is 9.97. The molecule has 18 heavy (non-hydrogen) atoms. The van der Waals surface area contributed by atoms with Crippen molar-refractivity contribution in [2.75, 3.05) is 0 Å². The number of rotatable bonds is 3.